The third kappa shape index (κ3) is 2.93. The Bertz CT molecular complexity index is 585. The molecule has 0 unspecified atom stereocenters. The maximum absolute atomic E-state index is 12.1. The molecule has 0 saturated carbocycles. The zero-order chi connectivity index (χ0) is 14.5. The number of rotatable bonds is 5. The van der Waals surface area contributed by atoms with Crippen molar-refractivity contribution < 1.29 is 9.53 Å². The summed E-state index contributed by atoms with van der Waals surface area (Å²) in [5.41, 5.74) is 3.73. The lowest BCUT2D eigenvalue weighted by atomic mass is 10.1. The molecular weight excluding hydrogens is 250 g/mol. The summed E-state index contributed by atoms with van der Waals surface area (Å²) in [5.74, 6) is -0.228. The molecule has 0 aliphatic heterocycles. The van der Waals surface area contributed by atoms with E-state index in [-0.39, 0.29) is 5.97 Å². The van der Waals surface area contributed by atoms with E-state index in [2.05, 4.69) is 6.92 Å². The summed E-state index contributed by atoms with van der Waals surface area (Å²) in [6.07, 6.45) is 1.93. The molecule has 0 bridgehead atoms. The van der Waals surface area contributed by atoms with Gasteiger partial charge in [0.25, 0.3) is 0 Å². The smallest absolute Gasteiger partial charge is 0.339 e. The summed E-state index contributed by atoms with van der Waals surface area (Å²) in [7, 11) is 1.97. The van der Waals surface area contributed by atoms with Gasteiger partial charge in [-0.25, -0.2) is 4.79 Å². The first kappa shape index (κ1) is 14.4. The fourth-order valence-electron chi connectivity index (χ4n) is 2.18. The molecule has 1 heterocycles. The van der Waals surface area contributed by atoms with Gasteiger partial charge >= 0.3 is 5.97 Å². The van der Waals surface area contributed by atoms with Crippen LogP contribution >= 0.6 is 0 Å². The first-order valence-corrected chi connectivity index (χ1v) is 7.04. The number of esters is 1. The molecule has 0 aliphatic rings. The predicted octanol–water partition coefficient (Wildman–Crippen LogP) is 3.96. The molecule has 0 fully saturated rings. The van der Waals surface area contributed by atoms with Crippen molar-refractivity contribution in [3.8, 4) is 11.3 Å². The second-order valence-electron chi connectivity index (χ2n) is 4.94. The molecule has 3 heteroatoms. The van der Waals surface area contributed by atoms with Gasteiger partial charge < -0.3 is 9.30 Å². The number of unbranched alkanes of at least 4 members (excludes halogenated alkanes) is 1. The van der Waals surface area contributed by atoms with Crippen LogP contribution in [0.2, 0.25) is 0 Å². The van der Waals surface area contributed by atoms with Gasteiger partial charge in [-0.15, -0.1) is 0 Å². The number of hydrogen-bond acceptors (Lipinski definition) is 2. The normalized spacial score (nSPS) is 10.6. The molecule has 106 valence electrons. The van der Waals surface area contributed by atoms with Gasteiger partial charge in [-0.05, 0) is 25.0 Å². The lowest BCUT2D eigenvalue weighted by molar-refractivity contribution is 0.0499. The van der Waals surface area contributed by atoms with Crippen molar-refractivity contribution in [2.24, 2.45) is 7.05 Å². The van der Waals surface area contributed by atoms with Gasteiger partial charge in [0.15, 0.2) is 0 Å². The Labute approximate surface area is 120 Å². The zero-order valence-electron chi connectivity index (χ0n) is 12.3. The van der Waals surface area contributed by atoms with Crippen molar-refractivity contribution in [3.05, 3.63) is 47.7 Å². The molecule has 20 heavy (non-hydrogen) atoms. The second-order valence-corrected chi connectivity index (χ2v) is 4.94. The Morgan fingerprint density at radius 3 is 2.60 bits per heavy atom. The standard InChI is InChI=1S/C17H21NO2/c1-4-5-11-20-17(19)15-12-16(18(3)13(15)2)14-9-7-6-8-10-14/h6-10,12H,4-5,11H2,1-3H3. The van der Waals surface area contributed by atoms with Crippen LogP contribution in [0.15, 0.2) is 36.4 Å². The molecule has 2 aromatic rings. The number of carbonyl (C=O) groups excluding carboxylic acids is 1. The van der Waals surface area contributed by atoms with Crippen molar-refractivity contribution in [1.29, 1.82) is 0 Å². The number of nitrogens with zero attached hydrogens (tertiary/aromatic N) is 1. The van der Waals surface area contributed by atoms with Crippen LogP contribution in [0.1, 0.15) is 35.8 Å². The van der Waals surface area contributed by atoms with Crippen molar-refractivity contribution in [3.63, 3.8) is 0 Å². The van der Waals surface area contributed by atoms with Crippen molar-refractivity contribution >= 4 is 5.97 Å². The minimum absolute atomic E-state index is 0.228. The fourth-order valence-corrected chi connectivity index (χ4v) is 2.18. The van der Waals surface area contributed by atoms with E-state index >= 15 is 0 Å². The third-order valence-electron chi connectivity index (χ3n) is 3.56. The van der Waals surface area contributed by atoms with Gasteiger partial charge in [-0.3, -0.25) is 0 Å². The molecule has 0 saturated heterocycles. The van der Waals surface area contributed by atoms with Crippen molar-refractivity contribution in [2.75, 3.05) is 6.61 Å². The van der Waals surface area contributed by atoms with E-state index in [9.17, 15) is 4.79 Å². The number of hydrogen-bond donors (Lipinski definition) is 0. The monoisotopic (exact) mass is 271 g/mol. The van der Waals surface area contributed by atoms with E-state index in [0.29, 0.717) is 12.2 Å². The first-order chi connectivity index (χ1) is 9.65. The fraction of sp³-hybridized carbons (Fsp3) is 0.353. The number of carbonyl (C=O) groups is 1. The Morgan fingerprint density at radius 1 is 1.25 bits per heavy atom. The molecule has 1 aromatic carbocycles. The highest BCUT2D eigenvalue weighted by molar-refractivity contribution is 5.92. The van der Waals surface area contributed by atoms with Crippen LogP contribution in [0.3, 0.4) is 0 Å². The maximum atomic E-state index is 12.1. The van der Waals surface area contributed by atoms with Gasteiger partial charge in [0, 0.05) is 18.4 Å². The molecule has 1 aromatic heterocycles. The van der Waals surface area contributed by atoms with Crippen LogP contribution in [-0.4, -0.2) is 17.1 Å². The minimum Gasteiger partial charge on any atom is -0.462 e. The van der Waals surface area contributed by atoms with Crippen LogP contribution in [-0.2, 0) is 11.8 Å². The molecule has 0 amide bonds. The summed E-state index contributed by atoms with van der Waals surface area (Å²) < 4.78 is 7.33. The van der Waals surface area contributed by atoms with E-state index in [1.54, 1.807) is 0 Å². The number of benzene rings is 1. The van der Waals surface area contributed by atoms with E-state index in [1.165, 1.54) is 0 Å². The topological polar surface area (TPSA) is 31.2 Å². The molecule has 3 nitrogen and oxygen atoms in total. The predicted molar refractivity (Wildman–Crippen MR) is 80.8 cm³/mol. The highest BCUT2D eigenvalue weighted by Gasteiger charge is 2.17. The lowest BCUT2D eigenvalue weighted by Crippen LogP contribution is -2.07. The van der Waals surface area contributed by atoms with E-state index < -0.39 is 0 Å². The Balaban J connectivity index is 2.26. The van der Waals surface area contributed by atoms with Gasteiger partial charge in [0.1, 0.15) is 0 Å². The molecule has 0 spiro atoms. The van der Waals surface area contributed by atoms with E-state index in [1.807, 2.05) is 54.9 Å². The Hall–Kier alpha value is -2.03. The summed E-state index contributed by atoms with van der Waals surface area (Å²) in [4.78, 5) is 12.1. The summed E-state index contributed by atoms with van der Waals surface area (Å²) in [6.45, 7) is 4.52. The van der Waals surface area contributed by atoms with Gasteiger partial charge in [0.2, 0.25) is 0 Å². The van der Waals surface area contributed by atoms with Crippen LogP contribution < -0.4 is 0 Å². The zero-order valence-corrected chi connectivity index (χ0v) is 12.3. The third-order valence-corrected chi connectivity index (χ3v) is 3.56. The molecule has 2 rings (SSSR count). The summed E-state index contributed by atoms with van der Waals surface area (Å²) in [6, 6.07) is 12.0. The van der Waals surface area contributed by atoms with Gasteiger partial charge in [0.05, 0.1) is 12.2 Å². The molecule has 0 N–H and O–H groups in total. The molecule has 0 radical (unpaired) electrons. The lowest BCUT2D eigenvalue weighted by Gasteiger charge is -2.05. The van der Waals surface area contributed by atoms with E-state index in [4.69, 9.17) is 4.74 Å². The summed E-state index contributed by atoms with van der Waals surface area (Å²) >= 11 is 0. The van der Waals surface area contributed by atoms with E-state index in [0.717, 1.165) is 29.8 Å². The maximum Gasteiger partial charge on any atom is 0.339 e. The average Bonchev–Trinajstić information content (AvgIpc) is 2.77. The summed E-state index contributed by atoms with van der Waals surface area (Å²) in [5, 5.41) is 0. The SMILES string of the molecule is CCCCOC(=O)c1cc(-c2ccccc2)n(C)c1C. The quantitative estimate of drug-likeness (QED) is 0.609. The Morgan fingerprint density at radius 2 is 1.95 bits per heavy atom. The number of aromatic nitrogens is 1. The second kappa shape index (κ2) is 6.42. The number of ether oxygens (including phenoxy) is 1. The molecular formula is C17H21NO2. The van der Waals surface area contributed by atoms with Crippen molar-refractivity contribution in [1.82, 2.24) is 4.57 Å². The highest BCUT2D eigenvalue weighted by atomic mass is 16.5. The largest absolute Gasteiger partial charge is 0.462 e. The van der Waals surface area contributed by atoms with Crippen LogP contribution in [0.4, 0.5) is 0 Å². The molecule has 0 atom stereocenters. The van der Waals surface area contributed by atoms with Crippen LogP contribution in [0.25, 0.3) is 11.3 Å². The minimum atomic E-state index is -0.228. The van der Waals surface area contributed by atoms with Crippen molar-refractivity contribution in [2.45, 2.75) is 26.7 Å². The average molecular weight is 271 g/mol. The van der Waals surface area contributed by atoms with Gasteiger partial charge in [-0.2, -0.15) is 0 Å². The first-order valence-electron chi connectivity index (χ1n) is 7.04. The Kier molecular flexibility index (Phi) is 4.61. The van der Waals surface area contributed by atoms with Crippen LogP contribution in [0.5, 0.6) is 0 Å². The highest BCUT2D eigenvalue weighted by Crippen LogP contribution is 2.25. The van der Waals surface area contributed by atoms with Crippen LogP contribution in [0, 0.1) is 6.92 Å². The van der Waals surface area contributed by atoms with Gasteiger partial charge in [-0.1, -0.05) is 43.7 Å². The molecule has 0 aliphatic carbocycles.